The summed E-state index contributed by atoms with van der Waals surface area (Å²) in [6, 6.07) is 2.09. The number of rotatable bonds is 3. The molecule has 0 fully saturated rings. The van der Waals surface area contributed by atoms with Gasteiger partial charge in [0.2, 0.25) is 0 Å². The summed E-state index contributed by atoms with van der Waals surface area (Å²) in [6.45, 7) is 2.67. The molecule has 0 saturated carbocycles. The van der Waals surface area contributed by atoms with Crippen LogP contribution in [-0.4, -0.2) is 43.3 Å². The Balaban J connectivity index is 2.26. The van der Waals surface area contributed by atoms with Gasteiger partial charge in [-0.05, 0) is 6.92 Å². The van der Waals surface area contributed by atoms with Crippen LogP contribution in [0.1, 0.15) is 12.5 Å². The molecule has 0 bridgehead atoms. The zero-order valence-corrected chi connectivity index (χ0v) is 11.6. The van der Waals surface area contributed by atoms with E-state index in [4.69, 9.17) is 5.73 Å². The molecule has 3 aromatic rings. The molecule has 0 aromatic carbocycles. The third-order valence-corrected chi connectivity index (χ3v) is 3.25. The van der Waals surface area contributed by atoms with Gasteiger partial charge in [0.15, 0.2) is 17.3 Å². The van der Waals surface area contributed by atoms with Crippen LogP contribution in [0.5, 0.6) is 0 Å². The fourth-order valence-electron chi connectivity index (χ4n) is 2.02. The normalized spacial score (nSPS) is 10.7. The molecule has 3 rings (SSSR count). The van der Waals surface area contributed by atoms with E-state index in [1.165, 1.54) is 17.3 Å². The number of imidazole rings is 1. The van der Waals surface area contributed by atoms with Crippen LogP contribution in [0.3, 0.4) is 0 Å². The van der Waals surface area contributed by atoms with Crippen LogP contribution in [0.15, 0.2) is 12.7 Å². The molecular weight excluding hydrogens is 270 g/mol. The predicted molar refractivity (Wildman–Crippen MR) is 76.9 cm³/mol. The van der Waals surface area contributed by atoms with Crippen molar-refractivity contribution in [1.82, 2.24) is 29.7 Å². The second-order valence-corrected chi connectivity index (χ2v) is 4.42. The highest BCUT2D eigenvalue weighted by Gasteiger charge is 2.21. The number of anilines is 2. The minimum atomic E-state index is 0.238. The van der Waals surface area contributed by atoms with E-state index in [1.807, 2.05) is 18.9 Å². The Hall–Kier alpha value is -3.15. The lowest BCUT2D eigenvalue weighted by molar-refractivity contribution is 0.831. The Bertz CT molecular complexity index is 838. The number of nitriles is 1. The monoisotopic (exact) mass is 283 g/mol. The van der Waals surface area contributed by atoms with Crippen LogP contribution in [0, 0.1) is 11.3 Å². The molecule has 0 spiro atoms. The minimum absolute atomic E-state index is 0.238. The highest BCUT2D eigenvalue weighted by Crippen LogP contribution is 2.27. The summed E-state index contributed by atoms with van der Waals surface area (Å²) in [5.41, 5.74) is 7.51. The van der Waals surface area contributed by atoms with Gasteiger partial charge in [0.05, 0.1) is 6.33 Å². The standard InChI is InChI=1S/C12H13N9/c1-3-20(2)11-7(4-13)9(14)21(19-11)12-8-10(16-5-15-8)17-6-18-12/h5-6H,3,14H2,1-2H3,(H,15,16,17,18). The molecule has 0 saturated heterocycles. The first-order valence-corrected chi connectivity index (χ1v) is 6.31. The summed E-state index contributed by atoms with van der Waals surface area (Å²) in [5, 5.41) is 13.7. The first-order valence-electron chi connectivity index (χ1n) is 6.31. The lowest BCUT2D eigenvalue weighted by Gasteiger charge is -2.12. The van der Waals surface area contributed by atoms with Gasteiger partial charge in [-0.25, -0.2) is 15.0 Å². The molecule has 3 N–H and O–H groups in total. The Morgan fingerprint density at radius 1 is 1.43 bits per heavy atom. The summed E-state index contributed by atoms with van der Waals surface area (Å²) in [6.07, 6.45) is 2.90. The molecule has 0 amide bonds. The predicted octanol–water partition coefficient (Wildman–Crippen LogP) is 0.449. The van der Waals surface area contributed by atoms with E-state index in [0.29, 0.717) is 34.9 Å². The van der Waals surface area contributed by atoms with E-state index in [-0.39, 0.29) is 5.82 Å². The average Bonchev–Trinajstić information content (AvgIpc) is 3.10. The van der Waals surface area contributed by atoms with E-state index >= 15 is 0 Å². The fraction of sp³-hybridized carbons (Fsp3) is 0.250. The molecule has 3 heterocycles. The van der Waals surface area contributed by atoms with Crippen LogP contribution in [0.25, 0.3) is 17.0 Å². The van der Waals surface area contributed by atoms with Crippen molar-refractivity contribution >= 4 is 22.8 Å². The molecule has 0 radical (unpaired) electrons. The summed E-state index contributed by atoms with van der Waals surface area (Å²) >= 11 is 0. The number of aromatic nitrogens is 6. The van der Waals surface area contributed by atoms with E-state index in [2.05, 4.69) is 31.1 Å². The Kier molecular flexibility index (Phi) is 2.91. The zero-order chi connectivity index (χ0) is 15.0. The van der Waals surface area contributed by atoms with Crippen molar-refractivity contribution in [1.29, 1.82) is 5.26 Å². The third kappa shape index (κ3) is 1.85. The number of fused-ring (bicyclic) bond motifs is 1. The number of H-pyrrole nitrogens is 1. The van der Waals surface area contributed by atoms with Crippen molar-refractivity contribution < 1.29 is 0 Å². The SMILES string of the molecule is CCN(C)c1nn(-c2ncnc3nc[nH]c23)c(N)c1C#N. The lowest BCUT2D eigenvalue weighted by atomic mass is 10.3. The molecule has 0 aliphatic heterocycles. The first-order chi connectivity index (χ1) is 10.2. The number of aromatic amines is 1. The maximum Gasteiger partial charge on any atom is 0.185 e. The molecule has 21 heavy (non-hydrogen) atoms. The largest absolute Gasteiger partial charge is 0.382 e. The van der Waals surface area contributed by atoms with Crippen molar-refractivity contribution in [3.05, 3.63) is 18.2 Å². The van der Waals surface area contributed by atoms with Crippen molar-refractivity contribution in [3.63, 3.8) is 0 Å². The van der Waals surface area contributed by atoms with Crippen molar-refractivity contribution in [3.8, 4) is 11.9 Å². The van der Waals surface area contributed by atoms with E-state index in [9.17, 15) is 5.26 Å². The van der Waals surface area contributed by atoms with Gasteiger partial charge in [0.25, 0.3) is 0 Å². The van der Waals surface area contributed by atoms with Gasteiger partial charge in [0, 0.05) is 13.6 Å². The molecule has 9 nitrogen and oxygen atoms in total. The van der Waals surface area contributed by atoms with Crippen LogP contribution in [0.2, 0.25) is 0 Å². The molecule has 0 atom stereocenters. The Labute approximate surface area is 120 Å². The third-order valence-electron chi connectivity index (χ3n) is 3.25. The Morgan fingerprint density at radius 3 is 2.95 bits per heavy atom. The van der Waals surface area contributed by atoms with Crippen LogP contribution in [0.4, 0.5) is 11.6 Å². The number of hydrogen-bond donors (Lipinski definition) is 2. The number of nitrogens with one attached hydrogen (secondary N) is 1. The second kappa shape index (κ2) is 4.75. The molecular formula is C12H13N9. The van der Waals surface area contributed by atoms with Gasteiger partial charge >= 0.3 is 0 Å². The Morgan fingerprint density at radius 2 is 2.24 bits per heavy atom. The van der Waals surface area contributed by atoms with Gasteiger partial charge in [-0.3, -0.25) is 0 Å². The van der Waals surface area contributed by atoms with E-state index in [0.717, 1.165) is 0 Å². The minimum Gasteiger partial charge on any atom is -0.382 e. The van der Waals surface area contributed by atoms with Gasteiger partial charge in [-0.2, -0.15) is 9.94 Å². The van der Waals surface area contributed by atoms with Gasteiger partial charge in [0.1, 0.15) is 29.3 Å². The summed E-state index contributed by atoms with van der Waals surface area (Å²) < 4.78 is 1.43. The topological polar surface area (TPSA) is 125 Å². The van der Waals surface area contributed by atoms with Gasteiger partial charge < -0.3 is 15.6 Å². The molecule has 3 aromatic heterocycles. The summed E-state index contributed by atoms with van der Waals surface area (Å²) in [7, 11) is 1.85. The van der Waals surface area contributed by atoms with Crippen molar-refractivity contribution in [2.24, 2.45) is 0 Å². The average molecular weight is 283 g/mol. The first kappa shape index (κ1) is 12.9. The molecule has 0 aliphatic rings. The van der Waals surface area contributed by atoms with Crippen molar-refractivity contribution in [2.45, 2.75) is 6.92 Å². The molecule has 0 aliphatic carbocycles. The number of hydrogen-bond acceptors (Lipinski definition) is 7. The molecule has 0 unspecified atom stereocenters. The number of nitrogen functional groups attached to an aromatic ring is 1. The van der Waals surface area contributed by atoms with Gasteiger partial charge in [-0.1, -0.05) is 0 Å². The van der Waals surface area contributed by atoms with Crippen molar-refractivity contribution in [2.75, 3.05) is 24.2 Å². The zero-order valence-electron chi connectivity index (χ0n) is 11.6. The van der Waals surface area contributed by atoms with Crippen LogP contribution in [-0.2, 0) is 0 Å². The highest BCUT2D eigenvalue weighted by molar-refractivity contribution is 5.79. The lowest BCUT2D eigenvalue weighted by Crippen LogP contribution is -2.17. The van der Waals surface area contributed by atoms with Gasteiger partial charge in [-0.15, -0.1) is 5.10 Å². The van der Waals surface area contributed by atoms with Crippen LogP contribution >= 0.6 is 0 Å². The molecule has 106 valence electrons. The maximum atomic E-state index is 9.31. The van der Waals surface area contributed by atoms with Crippen LogP contribution < -0.4 is 10.6 Å². The summed E-state index contributed by atoms with van der Waals surface area (Å²) in [5.74, 6) is 1.22. The number of nitrogens with two attached hydrogens (primary N) is 1. The number of nitrogens with zero attached hydrogens (tertiary/aromatic N) is 7. The highest BCUT2D eigenvalue weighted by atomic mass is 15.4. The van der Waals surface area contributed by atoms with E-state index in [1.54, 1.807) is 0 Å². The second-order valence-electron chi connectivity index (χ2n) is 4.42. The maximum absolute atomic E-state index is 9.31. The molecule has 9 heteroatoms. The summed E-state index contributed by atoms with van der Waals surface area (Å²) in [4.78, 5) is 17.1. The fourth-order valence-corrected chi connectivity index (χ4v) is 2.02. The smallest absolute Gasteiger partial charge is 0.185 e. The van der Waals surface area contributed by atoms with E-state index < -0.39 is 0 Å². The quantitative estimate of drug-likeness (QED) is 0.714.